The Hall–Kier alpha value is -1.30. The highest BCUT2D eigenvalue weighted by molar-refractivity contribution is 6.34. The van der Waals surface area contributed by atoms with Gasteiger partial charge in [0, 0.05) is 25.9 Å². The topological polar surface area (TPSA) is 48.0 Å². The molecule has 0 aliphatic carbocycles. The molecule has 2 aliphatic rings. The van der Waals surface area contributed by atoms with Crippen molar-refractivity contribution in [3.05, 3.63) is 28.8 Å². The van der Waals surface area contributed by atoms with E-state index in [-0.39, 0.29) is 5.91 Å². The molecule has 0 N–H and O–H groups in total. The van der Waals surface area contributed by atoms with E-state index in [0.29, 0.717) is 55.5 Å². The van der Waals surface area contributed by atoms with E-state index in [0.717, 1.165) is 0 Å². The molecular weight excluding hydrogens is 294 g/mol. The number of hydrogen-bond acceptors (Lipinski definition) is 4. The first-order valence-electron chi connectivity index (χ1n) is 7.04. The Morgan fingerprint density at radius 2 is 1.95 bits per heavy atom. The van der Waals surface area contributed by atoms with Crippen LogP contribution in [0.5, 0.6) is 5.75 Å². The smallest absolute Gasteiger partial charge is 0.255 e. The molecule has 21 heavy (non-hydrogen) atoms. The van der Waals surface area contributed by atoms with Crippen molar-refractivity contribution in [1.29, 1.82) is 0 Å². The van der Waals surface area contributed by atoms with Crippen molar-refractivity contribution >= 4 is 17.5 Å². The summed E-state index contributed by atoms with van der Waals surface area (Å²) in [5, 5.41) is 0.410. The quantitative estimate of drug-likeness (QED) is 0.841. The molecular formula is C15H18ClNO4. The number of likely N-dealkylation sites (tertiary alicyclic amines) is 1. The lowest BCUT2D eigenvalue weighted by Gasteiger charge is -2.37. The second-order valence-corrected chi connectivity index (χ2v) is 5.65. The average molecular weight is 312 g/mol. The molecule has 1 spiro atoms. The molecule has 2 saturated heterocycles. The number of piperidine rings is 1. The maximum atomic E-state index is 12.5. The fraction of sp³-hybridized carbons (Fsp3) is 0.533. The van der Waals surface area contributed by atoms with Gasteiger partial charge in [0.2, 0.25) is 0 Å². The van der Waals surface area contributed by atoms with Crippen LogP contribution in [0.25, 0.3) is 0 Å². The molecule has 6 heteroatoms. The van der Waals surface area contributed by atoms with E-state index in [4.69, 9.17) is 25.8 Å². The molecule has 2 aliphatic heterocycles. The van der Waals surface area contributed by atoms with Crippen molar-refractivity contribution < 1.29 is 19.0 Å². The Balaban J connectivity index is 1.69. The molecule has 114 valence electrons. The van der Waals surface area contributed by atoms with Crippen LogP contribution in [0, 0.1) is 0 Å². The minimum absolute atomic E-state index is 0.0597. The Morgan fingerprint density at radius 3 is 2.52 bits per heavy atom. The summed E-state index contributed by atoms with van der Waals surface area (Å²) in [4.78, 5) is 14.3. The van der Waals surface area contributed by atoms with Crippen molar-refractivity contribution in [2.75, 3.05) is 33.4 Å². The summed E-state index contributed by atoms with van der Waals surface area (Å²) in [6.45, 7) is 2.50. The van der Waals surface area contributed by atoms with E-state index in [1.807, 2.05) is 0 Å². The van der Waals surface area contributed by atoms with Crippen molar-refractivity contribution in [2.24, 2.45) is 0 Å². The fourth-order valence-corrected chi connectivity index (χ4v) is 3.05. The molecule has 2 fully saturated rings. The molecule has 1 aromatic carbocycles. The Kier molecular flexibility index (Phi) is 4.06. The molecule has 3 rings (SSSR count). The van der Waals surface area contributed by atoms with Crippen molar-refractivity contribution in [1.82, 2.24) is 4.90 Å². The summed E-state index contributed by atoms with van der Waals surface area (Å²) in [5.41, 5.74) is 0.502. The Bertz CT molecular complexity index is 532. The number of amides is 1. The van der Waals surface area contributed by atoms with Gasteiger partial charge in [0.25, 0.3) is 5.91 Å². The van der Waals surface area contributed by atoms with Crippen LogP contribution in [0.15, 0.2) is 18.2 Å². The van der Waals surface area contributed by atoms with Crippen LogP contribution < -0.4 is 4.74 Å². The molecule has 5 nitrogen and oxygen atoms in total. The number of carbonyl (C=O) groups is 1. The molecule has 0 atom stereocenters. The number of halogens is 1. The van der Waals surface area contributed by atoms with Gasteiger partial charge in [-0.3, -0.25) is 4.79 Å². The first kappa shape index (κ1) is 14.6. The van der Waals surface area contributed by atoms with E-state index in [1.165, 1.54) is 0 Å². The molecule has 0 bridgehead atoms. The molecule has 1 amide bonds. The van der Waals surface area contributed by atoms with Crippen LogP contribution in [-0.4, -0.2) is 50.0 Å². The van der Waals surface area contributed by atoms with Gasteiger partial charge in [-0.1, -0.05) is 11.6 Å². The van der Waals surface area contributed by atoms with Crippen LogP contribution >= 0.6 is 11.6 Å². The van der Waals surface area contributed by atoms with E-state index < -0.39 is 5.79 Å². The van der Waals surface area contributed by atoms with Gasteiger partial charge >= 0.3 is 0 Å². The molecule has 0 unspecified atom stereocenters. The highest BCUT2D eigenvalue weighted by Crippen LogP contribution is 2.32. The molecule has 0 saturated carbocycles. The third kappa shape index (κ3) is 2.86. The van der Waals surface area contributed by atoms with Gasteiger partial charge in [0.1, 0.15) is 5.75 Å². The fourth-order valence-electron chi connectivity index (χ4n) is 2.80. The average Bonchev–Trinajstić information content (AvgIpc) is 2.95. The predicted octanol–water partition coefficient (Wildman–Crippen LogP) is 2.33. The van der Waals surface area contributed by atoms with Crippen LogP contribution in [-0.2, 0) is 9.47 Å². The standard InChI is InChI=1S/C15H18ClNO4/c1-19-11-2-3-12(13(16)10-11)14(18)17-6-4-15(5-7-17)20-8-9-21-15/h2-3,10H,4-9H2,1H3. The van der Waals surface area contributed by atoms with Gasteiger partial charge in [-0.25, -0.2) is 0 Å². The third-order valence-electron chi connectivity index (χ3n) is 4.03. The number of ether oxygens (including phenoxy) is 3. The zero-order valence-corrected chi connectivity index (χ0v) is 12.7. The number of carbonyl (C=O) groups excluding carboxylic acids is 1. The molecule has 1 aromatic rings. The van der Waals surface area contributed by atoms with E-state index in [2.05, 4.69) is 0 Å². The molecule has 0 radical (unpaired) electrons. The first-order chi connectivity index (χ1) is 10.1. The maximum Gasteiger partial charge on any atom is 0.255 e. The molecule has 0 aromatic heterocycles. The van der Waals surface area contributed by atoms with Gasteiger partial charge in [-0.05, 0) is 18.2 Å². The number of rotatable bonds is 2. The summed E-state index contributed by atoms with van der Waals surface area (Å²) >= 11 is 6.17. The largest absolute Gasteiger partial charge is 0.497 e. The predicted molar refractivity (Wildman–Crippen MR) is 77.8 cm³/mol. The lowest BCUT2D eigenvalue weighted by atomic mass is 10.0. The number of methoxy groups -OCH3 is 1. The number of hydrogen-bond donors (Lipinski definition) is 0. The minimum atomic E-state index is -0.472. The van der Waals surface area contributed by atoms with Gasteiger partial charge in [-0.2, -0.15) is 0 Å². The zero-order valence-electron chi connectivity index (χ0n) is 11.9. The Labute approximate surface area is 128 Å². The highest BCUT2D eigenvalue weighted by atomic mass is 35.5. The summed E-state index contributed by atoms with van der Waals surface area (Å²) in [6.07, 6.45) is 1.40. The normalized spacial score (nSPS) is 20.8. The van der Waals surface area contributed by atoms with Gasteiger partial charge in [0.05, 0.1) is 30.9 Å². The summed E-state index contributed by atoms with van der Waals surface area (Å²) in [5.74, 6) is 0.109. The van der Waals surface area contributed by atoms with E-state index in [9.17, 15) is 4.79 Å². The van der Waals surface area contributed by atoms with Crippen LogP contribution in [0.4, 0.5) is 0 Å². The number of nitrogens with zero attached hydrogens (tertiary/aromatic N) is 1. The maximum absolute atomic E-state index is 12.5. The van der Waals surface area contributed by atoms with Crippen molar-refractivity contribution in [2.45, 2.75) is 18.6 Å². The SMILES string of the molecule is COc1ccc(C(=O)N2CCC3(CC2)OCCO3)c(Cl)c1. The zero-order chi connectivity index (χ0) is 14.9. The summed E-state index contributed by atoms with van der Waals surface area (Å²) < 4.78 is 16.4. The summed E-state index contributed by atoms with van der Waals surface area (Å²) in [7, 11) is 1.57. The van der Waals surface area contributed by atoms with Crippen molar-refractivity contribution in [3.8, 4) is 5.75 Å². The van der Waals surface area contributed by atoms with Crippen LogP contribution in [0.3, 0.4) is 0 Å². The second kappa shape index (κ2) is 5.83. The van der Waals surface area contributed by atoms with E-state index in [1.54, 1.807) is 30.2 Å². The summed E-state index contributed by atoms with van der Waals surface area (Å²) in [6, 6.07) is 5.10. The van der Waals surface area contributed by atoms with E-state index >= 15 is 0 Å². The van der Waals surface area contributed by atoms with Crippen LogP contribution in [0.2, 0.25) is 5.02 Å². The lowest BCUT2D eigenvalue weighted by molar-refractivity contribution is -0.181. The Morgan fingerprint density at radius 1 is 1.29 bits per heavy atom. The minimum Gasteiger partial charge on any atom is -0.497 e. The number of benzene rings is 1. The lowest BCUT2D eigenvalue weighted by Crippen LogP contribution is -2.47. The second-order valence-electron chi connectivity index (χ2n) is 5.25. The monoisotopic (exact) mass is 311 g/mol. The third-order valence-corrected chi connectivity index (χ3v) is 4.35. The van der Waals surface area contributed by atoms with Gasteiger partial charge in [-0.15, -0.1) is 0 Å². The first-order valence-corrected chi connectivity index (χ1v) is 7.42. The molecule has 2 heterocycles. The highest BCUT2D eigenvalue weighted by Gasteiger charge is 2.41. The van der Waals surface area contributed by atoms with Crippen molar-refractivity contribution in [3.63, 3.8) is 0 Å². The van der Waals surface area contributed by atoms with Crippen LogP contribution in [0.1, 0.15) is 23.2 Å². The van der Waals surface area contributed by atoms with Gasteiger partial charge < -0.3 is 19.1 Å². The van der Waals surface area contributed by atoms with Gasteiger partial charge in [0.15, 0.2) is 5.79 Å².